The summed E-state index contributed by atoms with van der Waals surface area (Å²) in [5, 5.41) is 0. The van der Waals surface area contributed by atoms with Gasteiger partial charge in [0.1, 0.15) is 52.5 Å². The van der Waals surface area contributed by atoms with Crippen LogP contribution in [0, 0.1) is 0 Å². The molecule has 0 saturated carbocycles. The molecule has 25 heavy (non-hydrogen) atoms. The van der Waals surface area contributed by atoms with Gasteiger partial charge in [-0.25, -0.2) is 8.78 Å². The van der Waals surface area contributed by atoms with E-state index in [1.807, 2.05) is 0 Å². The van der Waals surface area contributed by atoms with E-state index < -0.39 is 55.5 Å². The summed E-state index contributed by atoms with van der Waals surface area (Å²) in [7, 11) is 13.6. The maximum Gasteiger partial charge on any atom is 0.325 e. The molecule has 7 nitrogen and oxygen atoms in total. The van der Waals surface area contributed by atoms with Crippen molar-refractivity contribution in [1.29, 1.82) is 0 Å². The van der Waals surface area contributed by atoms with Gasteiger partial charge in [-0.05, 0) is 11.8 Å². The lowest BCUT2D eigenvalue weighted by atomic mass is 9.94. The van der Waals surface area contributed by atoms with Gasteiger partial charge in [-0.1, -0.05) is 0 Å². The summed E-state index contributed by atoms with van der Waals surface area (Å²) in [6.45, 7) is -4.24. The number of halogens is 2. The zero-order valence-corrected chi connectivity index (χ0v) is 15.4. The van der Waals surface area contributed by atoms with Crippen molar-refractivity contribution in [3.8, 4) is 0 Å². The summed E-state index contributed by atoms with van der Waals surface area (Å²) in [4.78, 5) is 10.2. The summed E-state index contributed by atoms with van der Waals surface area (Å²) < 4.78 is 58.4. The Balaban J connectivity index is 1.94. The number of hydrogen-bond acceptors (Lipinski definition) is 7. The minimum absolute atomic E-state index is 0.00993. The molecule has 1 N–H and O–H groups in total. The predicted octanol–water partition coefficient (Wildman–Crippen LogP) is -0.271. The van der Waals surface area contributed by atoms with Gasteiger partial charge >= 0.3 is 6.72 Å². The van der Waals surface area contributed by atoms with Crippen LogP contribution < -0.4 is 0 Å². The lowest BCUT2D eigenvalue weighted by molar-refractivity contribution is -0.0337. The van der Waals surface area contributed by atoms with Crippen molar-refractivity contribution in [3.05, 3.63) is 0 Å². The SMILES string of the molecule is [B][C@@H]1O[C@H](COP(O)(=S)O[C@@H]2C(F)[C@H]([B])O[C@@H]2COC)[C@H](OC)C1F. The predicted molar refractivity (Wildman–Crippen MR) is 88.6 cm³/mol. The van der Waals surface area contributed by atoms with Gasteiger partial charge in [0, 0.05) is 14.2 Å². The molecule has 2 saturated heterocycles. The molecule has 0 spiro atoms. The van der Waals surface area contributed by atoms with Gasteiger partial charge in [0.2, 0.25) is 0 Å². The molecule has 2 fully saturated rings. The minimum Gasteiger partial charge on any atom is -0.382 e. The Morgan fingerprint density at radius 3 is 2.08 bits per heavy atom. The van der Waals surface area contributed by atoms with E-state index in [-0.39, 0.29) is 13.2 Å². The number of ether oxygens (including phenoxy) is 4. The molecular formula is C12H19B2F2O7PS. The van der Waals surface area contributed by atoms with Gasteiger partial charge < -0.3 is 28.4 Å². The van der Waals surface area contributed by atoms with Crippen molar-refractivity contribution in [2.45, 2.75) is 48.8 Å². The van der Waals surface area contributed by atoms with Crippen LogP contribution in [-0.2, 0) is 39.8 Å². The summed E-state index contributed by atoms with van der Waals surface area (Å²) in [5.74, 6) is 0. The highest BCUT2D eigenvalue weighted by atomic mass is 32.5. The van der Waals surface area contributed by atoms with Crippen molar-refractivity contribution >= 4 is 34.2 Å². The smallest absolute Gasteiger partial charge is 0.325 e. The lowest BCUT2D eigenvalue weighted by Gasteiger charge is -2.26. The maximum atomic E-state index is 14.1. The molecule has 0 aliphatic carbocycles. The molecule has 0 aromatic carbocycles. The third-order valence-electron chi connectivity index (χ3n) is 3.91. The Bertz CT molecular complexity index is 496. The van der Waals surface area contributed by atoms with Crippen LogP contribution in [0.4, 0.5) is 8.78 Å². The van der Waals surface area contributed by atoms with E-state index in [0.717, 1.165) is 0 Å². The molecule has 2 rings (SSSR count). The largest absolute Gasteiger partial charge is 0.382 e. The van der Waals surface area contributed by atoms with Crippen LogP contribution in [0.15, 0.2) is 0 Å². The quantitative estimate of drug-likeness (QED) is 0.443. The molecular weight excluding hydrogens is 379 g/mol. The highest BCUT2D eigenvalue weighted by molar-refractivity contribution is 8.07. The van der Waals surface area contributed by atoms with Gasteiger partial charge in [-0.3, -0.25) is 4.52 Å². The molecule has 0 amide bonds. The lowest BCUT2D eigenvalue weighted by Crippen LogP contribution is -2.35. The van der Waals surface area contributed by atoms with E-state index >= 15 is 0 Å². The monoisotopic (exact) mass is 398 g/mol. The van der Waals surface area contributed by atoms with Gasteiger partial charge in [0.15, 0.2) is 0 Å². The highest BCUT2D eigenvalue weighted by Gasteiger charge is 2.47. The van der Waals surface area contributed by atoms with Crippen molar-refractivity contribution in [1.82, 2.24) is 0 Å². The van der Waals surface area contributed by atoms with E-state index in [1.165, 1.54) is 14.2 Å². The van der Waals surface area contributed by atoms with Gasteiger partial charge in [0.25, 0.3) is 0 Å². The van der Waals surface area contributed by atoms with Gasteiger partial charge in [-0.15, -0.1) is 0 Å². The summed E-state index contributed by atoms with van der Waals surface area (Å²) in [6, 6.07) is -2.42. The fraction of sp³-hybridized carbons (Fsp3) is 1.00. The number of methoxy groups -OCH3 is 2. The Morgan fingerprint density at radius 2 is 1.56 bits per heavy atom. The van der Waals surface area contributed by atoms with Crippen molar-refractivity contribution in [3.63, 3.8) is 0 Å². The minimum atomic E-state index is -3.89. The first kappa shape index (κ1) is 21.7. The van der Waals surface area contributed by atoms with Crippen LogP contribution in [0.2, 0.25) is 0 Å². The number of rotatable bonds is 8. The summed E-state index contributed by atoms with van der Waals surface area (Å²) in [5.41, 5.74) is 0. The van der Waals surface area contributed by atoms with Crippen molar-refractivity contribution in [2.75, 3.05) is 27.4 Å². The van der Waals surface area contributed by atoms with Crippen LogP contribution in [-0.4, -0.2) is 96.8 Å². The second kappa shape index (κ2) is 9.03. The van der Waals surface area contributed by atoms with E-state index in [9.17, 15) is 13.7 Å². The Morgan fingerprint density at radius 1 is 1.04 bits per heavy atom. The highest BCUT2D eigenvalue weighted by Crippen LogP contribution is 2.48. The normalized spacial score (nSPS) is 44.0. The fourth-order valence-electron chi connectivity index (χ4n) is 2.68. The molecule has 140 valence electrons. The standard InChI is InChI=1S/C12H19B2F2O7PS/c1-18-3-5-10(8(16)12(14)21-5)23-24(17,25)20-4-6-9(19-2)7(15)11(13)22-6/h5-12H,3-4H2,1-2H3,(H,17,25)/t5-,6-,7?,8?,9+,10+,11-,12-,24?/m1/s1. The van der Waals surface area contributed by atoms with E-state index in [2.05, 4.69) is 0 Å². The van der Waals surface area contributed by atoms with E-state index in [1.54, 1.807) is 0 Å². The first-order chi connectivity index (χ1) is 11.7. The Kier molecular flexibility index (Phi) is 7.83. The topological polar surface area (TPSA) is 75.6 Å². The fourth-order valence-corrected chi connectivity index (χ4v) is 4.12. The third-order valence-corrected chi connectivity index (χ3v) is 5.47. The molecule has 13 heteroatoms. The average molecular weight is 398 g/mol. The van der Waals surface area contributed by atoms with Crippen LogP contribution in [0.3, 0.4) is 0 Å². The Hall–Kier alpha value is 0.360. The Labute approximate surface area is 152 Å². The summed E-state index contributed by atoms with van der Waals surface area (Å²) >= 11 is 4.87. The molecule has 2 aliphatic rings. The van der Waals surface area contributed by atoms with Crippen LogP contribution in [0.5, 0.6) is 0 Å². The molecule has 4 radical (unpaired) electrons. The molecule has 0 bridgehead atoms. The molecule has 3 unspecified atom stereocenters. The van der Waals surface area contributed by atoms with Crippen LogP contribution in [0.1, 0.15) is 0 Å². The van der Waals surface area contributed by atoms with E-state index in [4.69, 9.17) is 55.5 Å². The molecule has 9 atom stereocenters. The molecule has 0 aromatic heterocycles. The first-order valence-electron chi connectivity index (χ1n) is 7.48. The zero-order valence-electron chi connectivity index (χ0n) is 13.7. The molecule has 0 aromatic rings. The number of hydrogen-bond donors (Lipinski definition) is 1. The second-order valence-electron chi connectivity index (χ2n) is 5.66. The van der Waals surface area contributed by atoms with Gasteiger partial charge in [0.05, 0.1) is 25.2 Å². The second-order valence-corrected chi connectivity index (χ2v) is 8.45. The van der Waals surface area contributed by atoms with Crippen molar-refractivity contribution in [2.24, 2.45) is 0 Å². The van der Waals surface area contributed by atoms with Gasteiger partial charge in [-0.2, -0.15) is 0 Å². The average Bonchev–Trinajstić information content (AvgIpc) is 2.97. The van der Waals surface area contributed by atoms with E-state index in [0.29, 0.717) is 0 Å². The summed E-state index contributed by atoms with van der Waals surface area (Å²) in [6.07, 6.45) is -7.28. The van der Waals surface area contributed by atoms with Crippen molar-refractivity contribution < 1.29 is 41.7 Å². The van der Waals surface area contributed by atoms with Crippen LogP contribution >= 0.6 is 6.72 Å². The number of alkyl halides is 2. The molecule has 2 aliphatic heterocycles. The van der Waals surface area contributed by atoms with Crippen LogP contribution in [0.25, 0.3) is 0 Å². The first-order valence-corrected chi connectivity index (χ1v) is 10.1. The molecule has 2 heterocycles. The zero-order chi connectivity index (χ0) is 18.8. The third kappa shape index (κ3) is 5.21. The maximum absolute atomic E-state index is 14.1.